The van der Waals surface area contributed by atoms with Crippen molar-refractivity contribution < 1.29 is 14.7 Å². The number of rotatable bonds is 3. The number of anilines is 1. The van der Waals surface area contributed by atoms with E-state index in [9.17, 15) is 9.59 Å². The molecule has 8 heteroatoms. The van der Waals surface area contributed by atoms with Gasteiger partial charge in [-0.25, -0.2) is 4.79 Å². The highest BCUT2D eigenvalue weighted by atomic mass is 35.5. The summed E-state index contributed by atoms with van der Waals surface area (Å²) in [4.78, 5) is 22.9. The van der Waals surface area contributed by atoms with Gasteiger partial charge in [0.15, 0.2) is 5.11 Å². The van der Waals surface area contributed by atoms with Gasteiger partial charge < -0.3 is 10.4 Å². The van der Waals surface area contributed by atoms with Crippen molar-refractivity contribution in [1.82, 2.24) is 5.32 Å². The number of hydrogen-bond donors (Lipinski definition) is 3. The maximum Gasteiger partial charge on any atom is 0.335 e. The molecule has 0 aromatic heterocycles. The topological polar surface area (TPSA) is 78.4 Å². The summed E-state index contributed by atoms with van der Waals surface area (Å²) < 4.78 is 0. The lowest BCUT2D eigenvalue weighted by Gasteiger charge is -2.10. The zero-order valence-electron chi connectivity index (χ0n) is 11.5. The van der Waals surface area contributed by atoms with Crippen LogP contribution in [0.4, 0.5) is 5.69 Å². The van der Waals surface area contributed by atoms with Gasteiger partial charge in [0.2, 0.25) is 0 Å². The van der Waals surface area contributed by atoms with Crippen LogP contribution in [0.5, 0.6) is 0 Å². The number of carbonyl (C=O) groups excluding carboxylic acids is 1. The number of hydrogen-bond acceptors (Lipinski definition) is 3. The number of carboxylic acids is 1. The van der Waals surface area contributed by atoms with Gasteiger partial charge in [-0.1, -0.05) is 23.2 Å². The molecular weight excluding hydrogens is 359 g/mol. The lowest BCUT2D eigenvalue weighted by molar-refractivity contribution is 0.0696. The minimum Gasteiger partial charge on any atom is -0.478 e. The summed E-state index contributed by atoms with van der Waals surface area (Å²) in [6, 6.07) is 10.4. The fourth-order valence-corrected chi connectivity index (χ4v) is 2.29. The van der Waals surface area contributed by atoms with E-state index in [1.165, 1.54) is 36.4 Å². The summed E-state index contributed by atoms with van der Waals surface area (Å²) >= 11 is 16.8. The van der Waals surface area contributed by atoms with E-state index in [1.54, 1.807) is 6.07 Å². The number of carboxylic acid groups (broad SMARTS) is 1. The molecule has 23 heavy (non-hydrogen) atoms. The largest absolute Gasteiger partial charge is 0.478 e. The molecule has 2 aromatic rings. The monoisotopic (exact) mass is 368 g/mol. The number of halogens is 2. The predicted octanol–water partition coefficient (Wildman–Crippen LogP) is 3.82. The van der Waals surface area contributed by atoms with E-state index in [2.05, 4.69) is 10.6 Å². The highest BCUT2D eigenvalue weighted by molar-refractivity contribution is 7.80. The van der Waals surface area contributed by atoms with Gasteiger partial charge in [-0.3, -0.25) is 10.1 Å². The molecule has 0 spiro atoms. The molecule has 3 N–H and O–H groups in total. The van der Waals surface area contributed by atoms with Crippen LogP contribution < -0.4 is 10.6 Å². The number of thiocarbonyl (C=S) groups is 1. The summed E-state index contributed by atoms with van der Waals surface area (Å²) in [5.41, 5.74) is 0.887. The minimum atomic E-state index is -1.02. The first kappa shape index (κ1) is 17.2. The van der Waals surface area contributed by atoms with Crippen molar-refractivity contribution >= 4 is 58.1 Å². The molecule has 0 aliphatic heterocycles. The van der Waals surface area contributed by atoms with Gasteiger partial charge in [0, 0.05) is 10.7 Å². The van der Waals surface area contributed by atoms with E-state index >= 15 is 0 Å². The van der Waals surface area contributed by atoms with E-state index < -0.39 is 11.9 Å². The number of carbonyl (C=O) groups is 2. The van der Waals surface area contributed by atoms with Gasteiger partial charge in [-0.2, -0.15) is 0 Å². The maximum atomic E-state index is 12.1. The van der Waals surface area contributed by atoms with Crippen molar-refractivity contribution in [1.29, 1.82) is 0 Å². The predicted molar refractivity (Wildman–Crippen MR) is 93.6 cm³/mol. The van der Waals surface area contributed by atoms with E-state index in [4.69, 9.17) is 40.5 Å². The molecule has 5 nitrogen and oxygen atoms in total. The third kappa shape index (κ3) is 4.66. The highest BCUT2D eigenvalue weighted by Gasteiger charge is 2.12. The summed E-state index contributed by atoms with van der Waals surface area (Å²) in [5, 5.41) is 14.7. The lowest BCUT2D eigenvalue weighted by Crippen LogP contribution is -2.34. The Hall–Kier alpha value is -2.15. The quantitative estimate of drug-likeness (QED) is 0.717. The summed E-state index contributed by atoms with van der Waals surface area (Å²) in [5.74, 6) is -1.53. The SMILES string of the molecule is O=C(O)c1ccc(NC(=S)NC(=O)c2cc(Cl)ccc2Cl)cc1. The number of nitrogens with one attached hydrogen (secondary N) is 2. The molecule has 0 bridgehead atoms. The second-order valence-electron chi connectivity index (χ2n) is 4.41. The van der Waals surface area contributed by atoms with Crippen molar-refractivity contribution in [3.63, 3.8) is 0 Å². The molecular formula is C15H10Cl2N2O3S. The highest BCUT2D eigenvalue weighted by Crippen LogP contribution is 2.20. The Labute approximate surface area is 147 Å². The van der Waals surface area contributed by atoms with Crippen LogP contribution >= 0.6 is 35.4 Å². The van der Waals surface area contributed by atoms with Crippen molar-refractivity contribution in [3.05, 3.63) is 63.6 Å². The Morgan fingerprint density at radius 1 is 1.04 bits per heavy atom. The van der Waals surface area contributed by atoms with Crippen molar-refractivity contribution in [2.45, 2.75) is 0 Å². The summed E-state index contributed by atoms with van der Waals surface area (Å²) in [6.45, 7) is 0. The van der Waals surface area contributed by atoms with Gasteiger partial charge in [0.1, 0.15) is 0 Å². The van der Waals surface area contributed by atoms with Crippen molar-refractivity contribution in [2.75, 3.05) is 5.32 Å². The minimum absolute atomic E-state index is 0.0501. The standard InChI is InChI=1S/C15H10Cl2N2O3S/c16-9-3-6-12(17)11(7-9)13(20)19-15(23)18-10-4-1-8(2-5-10)14(21)22/h1-7H,(H,21,22)(H2,18,19,20,23). The number of aromatic carboxylic acids is 1. The Kier molecular flexibility index (Phi) is 5.54. The van der Waals surface area contributed by atoms with Crippen LogP contribution in [0.25, 0.3) is 0 Å². The smallest absolute Gasteiger partial charge is 0.335 e. The second kappa shape index (κ2) is 7.41. The Morgan fingerprint density at radius 3 is 2.30 bits per heavy atom. The van der Waals surface area contributed by atoms with Crippen LogP contribution in [-0.4, -0.2) is 22.1 Å². The van der Waals surface area contributed by atoms with Gasteiger partial charge >= 0.3 is 5.97 Å². The Balaban J connectivity index is 2.03. The molecule has 0 unspecified atom stereocenters. The van der Waals surface area contributed by atoms with Crippen LogP contribution in [-0.2, 0) is 0 Å². The molecule has 0 heterocycles. The fraction of sp³-hybridized carbons (Fsp3) is 0. The van der Waals surface area contributed by atoms with Gasteiger partial charge in [-0.15, -0.1) is 0 Å². The van der Waals surface area contributed by atoms with Crippen LogP contribution in [0.1, 0.15) is 20.7 Å². The van der Waals surface area contributed by atoms with E-state index in [0.29, 0.717) is 10.7 Å². The molecule has 0 saturated heterocycles. The molecule has 0 atom stereocenters. The maximum absolute atomic E-state index is 12.1. The van der Waals surface area contributed by atoms with E-state index in [0.717, 1.165) is 0 Å². The first-order valence-corrected chi connectivity index (χ1v) is 7.44. The molecule has 0 aliphatic rings. The second-order valence-corrected chi connectivity index (χ2v) is 5.67. The molecule has 0 fully saturated rings. The van der Waals surface area contributed by atoms with Crippen LogP contribution in [0, 0.1) is 0 Å². The number of benzene rings is 2. The normalized spacial score (nSPS) is 10.0. The molecule has 0 radical (unpaired) electrons. The van der Waals surface area contributed by atoms with Crippen molar-refractivity contribution in [3.8, 4) is 0 Å². The summed E-state index contributed by atoms with van der Waals surface area (Å²) in [6.07, 6.45) is 0. The average Bonchev–Trinajstić information content (AvgIpc) is 2.50. The summed E-state index contributed by atoms with van der Waals surface area (Å²) in [7, 11) is 0. The van der Waals surface area contributed by atoms with Gasteiger partial charge in [0.05, 0.1) is 16.1 Å². The van der Waals surface area contributed by atoms with Crippen LogP contribution in [0.2, 0.25) is 10.0 Å². The number of amides is 1. The molecule has 118 valence electrons. The first-order valence-electron chi connectivity index (χ1n) is 6.27. The molecule has 1 amide bonds. The lowest BCUT2D eigenvalue weighted by atomic mass is 10.2. The zero-order valence-corrected chi connectivity index (χ0v) is 13.8. The van der Waals surface area contributed by atoms with E-state index in [1.807, 2.05) is 0 Å². The fourth-order valence-electron chi connectivity index (χ4n) is 1.70. The molecule has 0 aliphatic carbocycles. The first-order chi connectivity index (χ1) is 10.9. The molecule has 0 saturated carbocycles. The average molecular weight is 369 g/mol. The third-order valence-electron chi connectivity index (χ3n) is 2.79. The Morgan fingerprint density at radius 2 is 1.70 bits per heavy atom. The Bertz CT molecular complexity index is 779. The molecule has 2 aromatic carbocycles. The van der Waals surface area contributed by atoms with Gasteiger partial charge in [-0.05, 0) is 54.7 Å². The van der Waals surface area contributed by atoms with Crippen LogP contribution in [0.3, 0.4) is 0 Å². The van der Waals surface area contributed by atoms with Gasteiger partial charge in [0.25, 0.3) is 5.91 Å². The third-order valence-corrected chi connectivity index (χ3v) is 3.56. The van der Waals surface area contributed by atoms with E-state index in [-0.39, 0.29) is 21.3 Å². The van der Waals surface area contributed by atoms with Crippen LogP contribution in [0.15, 0.2) is 42.5 Å². The van der Waals surface area contributed by atoms with Crippen molar-refractivity contribution in [2.24, 2.45) is 0 Å². The zero-order chi connectivity index (χ0) is 17.0. The molecule has 2 rings (SSSR count).